The largest absolute Gasteiger partial charge is 0.477 e. The van der Waals surface area contributed by atoms with Gasteiger partial charge in [-0.05, 0) is 39.1 Å². The predicted octanol–water partition coefficient (Wildman–Crippen LogP) is 1.15. The summed E-state index contributed by atoms with van der Waals surface area (Å²) in [5, 5.41) is 3.31. The first kappa shape index (κ1) is 13.8. The number of hydrogen-bond donors (Lipinski definition) is 1. The van der Waals surface area contributed by atoms with Crippen LogP contribution in [0.25, 0.3) is 0 Å². The summed E-state index contributed by atoms with van der Waals surface area (Å²) >= 11 is 0. The lowest BCUT2D eigenvalue weighted by Gasteiger charge is -2.17. The van der Waals surface area contributed by atoms with E-state index in [4.69, 9.17) is 4.74 Å². The average molecular weight is 262 g/mol. The van der Waals surface area contributed by atoms with Crippen LogP contribution in [0.4, 0.5) is 0 Å². The van der Waals surface area contributed by atoms with Gasteiger partial charge in [0, 0.05) is 25.8 Å². The summed E-state index contributed by atoms with van der Waals surface area (Å²) in [5.41, 5.74) is 0.965. The third kappa shape index (κ3) is 4.21. The monoisotopic (exact) mass is 262 g/mol. The van der Waals surface area contributed by atoms with Crippen LogP contribution >= 0.6 is 0 Å². The Morgan fingerprint density at radius 3 is 3.05 bits per heavy atom. The van der Waals surface area contributed by atoms with Crippen molar-refractivity contribution < 1.29 is 4.74 Å². The molecular formula is C14H22N4O. The fraction of sp³-hybridized carbons (Fsp3) is 0.571. The molecule has 104 valence electrons. The second-order valence-electron chi connectivity index (χ2n) is 4.87. The fourth-order valence-corrected chi connectivity index (χ4v) is 1.95. The number of aromatic nitrogens is 1. The third-order valence-corrected chi connectivity index (χ3v) is 2.91. The summed E-state index contributed by atoms with van der Waals surface area (Å²) in [5.74, 6) is 1.58. The van der Waals surface area contributed by atoms with Gasteiger partial charge in [0.15, 0.2) is 0 Å². The van der Waals surface area contributed by atoms with Crippen LogP contribution in [0.1, 0.15) is 18.4 Å². The SMILES string of the molecule is CN(C)CCCOc1ncccc1C1=NCCCN1. The van der Waals surface area contributed by atoms with Gasteiger partial charge in [0.2, 0.25) is 5.88 Å². The highest BCUT2D eigenvalue weighted by Crippen LogP contribution is 2.16. The first-order chi connectivity index (χ1) is 9.27. The van der Waals surface area contributed by atoms with E-state index < -0.39 is 0 Å². The molecule has 5 nitrogen and oxygen atoms in total. The highest BCUT2D eigenvalue weighted by Gasteiger charge is 2.13. The molecular weight excluding hydrogens is 240 g/mol. The Morgan fingerprint density at radius 1 is 1.42 bits per heavy atom. The van der Waals surface area contributed by atoms with Gasteiger partial charge in [0.25, 0.3) is 0 Å². The van der Waals surface area contributed by atoms with Gasteiger partial charge in [-0.15, -0.1) is 0 Å². The lowest BCUT2D eigenvalue weighted by atomic mass is 10.2. The lowest BCUT2D eigenvalue weighted by Crippen LogP contribution is -2.30. The third-order valence-electron chi connectivity index (χ3n) is 2.91. The van der Waals surface area contributed by atoms with Crippen molar-refractivity contribution in [2.24, 2.45) is 4.99 Å². The average Bonchev–Trinajstić information content (AvgIpc) is 2.45. The number of rotatable bonds is 6. The molecule has 0 fully saturated rings. The maximum atomic E-state index is 5.78. The minimum Gasteiger partial charge on any atom is -0.477 e. The molecule has 0 amide bonds. The number of amidine groups is 1. The van der Waals surface area contributed by atoms with Crippen molar-refractivity contribution in [3.05, 3.63) is 23.9 Å². The normalized spacial score (nSPS) is 15.0. The number of nitrogens with zero attached hydrogens (tertiary/aromatic N) is 3. The number of pyridine rings is 1. The molecule has 0 bridgehead atoms. The van der Waals surface area contributed by atoms with Gasteiger partial charge in [0.05, 0.1) is 12.2 Å². The molecule has 0 saturated carbocycles. The Kier molecular flexibility index (Phi) is 5.15. The Hall–Kier alpha value is -1.62. The van der Waals surface area contributed by atoms with Crippen LogP contribution in [0.15, 0.2) is 23.3 Å². The summed E-state index contributed by atoms with van der Waals surface area (Å²) in [6.45, 7) is 3.53. The van der Waals surface area contributed by atoms with Crippen molar-refractivity contribution in [2.75, 3.05) is 40.3 Å². The lowest BCUT2D eigenvalue weighted by molar-refractivity contribution is 0.272. The Labute approximate surface area is 114 Å². The Balaban J connectivity index is 1.98. The van der Waals surface area contributed by atoms with E-state index in [1.54, 1.807) is 6.20 Å². The zero-order valence-corrected chi connectivity index (χ0v) is 11.7. The summed E-state index contributed by atoms with van der Waals surface area (Å²) in [6, 6.07) is 3.92. The molecule has 1 N–H and O–H groups in total. The van der Waals surface area contributed by atoms with Crippen LogP contribution < -0.4 is 10.1 Å². The maximum absolute atomic E-state index is 5.78. The minimum absolute atomic E-state index is 0.675. The predicted molar refractivity (Wildman–Crippen MR) is 76.9 cm³/mol. The van der Waals surface area contributed by atoms with Crippen LogP contribution in [0.2, 0.25) is 0 Å². The number of hydrogen-bond acceptors (Lipinski definition) is 5. The molecule has 0 spiro atoms. The summed E-state index contributed by atoms with van der Waals surface area (Å²) in [6.07, 6.45) is 3.83. The molecule has 0 aromatic carbocycles. The highest BCUT2D eigenvalue weighted by molar-refractivity contribution is 6.00. The van der Waals surface area contributed by atoms with E-state index in [0.717, 1.165) is 43.9 Å². The van der Waals surface area contributed by atoms with Gasteiger partial charge in [0.1, 0.15) is 5.84 Å². The van der Waals surface area contributed by atoms with E-state index in [1.165, 1.54) is 0 Å². The van der Waals surface area contributed by atoms with Crippen LogP contribution in [-0.2, 0) is 0 Å². The molecule has 0 radical (unpaired) electrons. The van der Waals surface area contributed by atoms with Gasteiger partial charge >= 0.3 is 0 Å². The van der Waals surface area contributed by atoms with Crippen molar-refractivity contribution in [3.8, 4) is 5.88 Å². The zero-order valence-electron chi connectivity index (χ0n) is 11.7. The molecule has 0 unspecified atom stereocenters. The first-order valence-electron chi connectivity index (χ1n) is 6.78. The standard InChI is InChI=1S/C14H22N4O/c1-18(2)10-5-11-19-14-12(6-3-7-17-14)13-15-8-4-9-16-13/h3,6-7H,4-5,8-11H2,1-2H3,(H,15,16). The minimum atomic E-state index is 0.675. The topological polar surface area (TPSA) is 49.8 Å². The Morgan fingerprint density at radius 2 is 2.32 bits per heavy atom. The van der Waals surface area contributed by atoms with Crippen LogP contribution in [0.3, 0.4) is 0 Å². The van der Waals surface area contributed by atoms with E-state index >= 15 is 0 Å². The highest BCUT2D eigenvalue weighted by atomic mass is 16.5. The van der Waals surface area contributed by atoms with E-state index in [1.807, 2.05) is 12.1 Å². The van der Waals surface area contributed by atoms with E-state index in [2.05, 4.69) is 34.3 Å². The molecule has 0 aliphatic carbocycles. The summed E-state index contributed by atoms with van der Waals surface area (Å²) in [7, 11) is 4.12. The van der Waals surface area contributed by atoms with Crippen LogP contribution in [0, 0.1) is 0 Å². The summed E-state index contributed by atoms with van der Waals surface area (Å²) in [4.78, 5) is 11.0. The van der Waals surface area contributed by atoms with Crippen molar-refractivity contribution in [1.82, 2.24) is 15.2 Å². The number of aliphatic imine (C=N–C) groups is 1. The van der Waals surface area contributed by atoms with E-state index in [0.29, 0.717) is 12.5 Å². The number of ether oxygens (including phenoxy) is 1. The molecule has 19 heavy (non-hydrogen) atoms. The molecule has 0 saturated heterocycles. The number of nitrogens with one attached hydrogen (secondary N) is 1. The fourth-order valence-electron chi connectivity index (χ4n) is 1.95. The molecule has 0 atom stereocenters. The van der Waals surface area contributed by atoms with Crippen molar-refractivity contribution in [2.45, 2.75) is 12.8 Å². The molecule has 1 aliphatic rings. The van der Waals surface area contributed by atoms with Crippen molar-refractivity contribution in [3.63, 3.8) is 0 Å². The summed E-state index contributed by atoms with van der Waals surface area (Å²) < 4.78 is 5.78. The second kappa shape index (κ2) is 7.09. The van der Waals surface area contributed by atoms with Crippen LogP contribution in [0.5, 0.6) is 5.88 Å². The molecule has 2 heterocycles. The van der Waals surface area contributed by atoms with Gasteiger partial charge in [-0.2, -0.15) is 0 Å². The van der Waals surface area contributed by atoms with Gasteiger partial charge < -0.3 is 15.0 Å². The molecule has 1 aromatic heterocycles. The zero-order chi connectivity index (χ0) is 13.5. The van der Waals surface area contributed by atoms with E-state index in [-0.39, 0.29) is 0 Å². The van der Waals surface area contributed by atoms with Gasteiger partial charge in [-0.25, -0.2) is 4.98 Å². The first-order valence-corrected chi connectivity index (χ1v) is 6.78. The van der Waals surface area contributed by atoms with Gasteiger partial charge in [-0.1, -0.05) is 0 Å². The quantitative estimate of drug-likeness (QED) is 0.781. The van der Waals surface area contributed by atoms with Crippen LogP contribution in [-0.4, -0.2) is 56.1 Å². The second-order valence-corrected chi connectivity index (χ2v) is 4.87. The molecule has 2 rings (SSSR count). The van der Waals surface area contributed by atoms with E-state index in [9.17, 15) is 0 Å². The van der Waals surface area contributed by atoms with Gasteiger partial charge in [-0.3, -0.25) is 4.99 Å². The molecule has 5 heteroatoms. The maximum Gasteiger partial charge on any atom is 0.224 e. The molecule has 1 aromatic rings. The molecule has 1 aliphatic heterocycles. The van der Waals surface area contributed by atoms with Crippen molar-refractivity contribution in [1.29, 1.82) is 0 Å². The van der Waals surface area contributed by atoms with Crippen molar-refractivity contribution >= 4 is 5.84 Å². The Bertz CT molecular complexity index is 431. The smallest absolute Gasteiger partial charge is 0.224 e.